The maximum atomic E-state index is 13.6. The van der Waals surface area contributed by atoms with Crippen molar-refractivity contribution in [1.29, 1.82) is 0 Å². The van der Waals surface area contributed by atoms with Crippen molar-refractivity contribution in [2.24, 2.45) is 5.73 Å². The van der Waals surface area contributed by atoms with E-state index in [1.807, 2.05) is 0 Å². The molecule has 0 bridgehead atoms. The van der Waals surface area contributed by atoms with E-state index in [0.29, 0.717) is 16.9 Å². The highest BCUT2D eigenvalue weighted by Gasteiger charge is 2.34. The lowest BCUT2D eigenvalue weighted by molar-refractivity contribution is -0.137. The van der Waals surface area contributed by atoms with E-state index in [0.717, 1.165) is 6.20 Å². The van der Waals surface area contributed by atoms with Crippen molar-refractivity contribution >= 4 is 11.3 Å². The third kappa shape index (κ3) is 2.51. The van der Waals surface area contributed by atoms with Gasteiger partial charge in [-0.15, -0.1) is 11.3 Å². The standard InChI is InChI=1S/C11H8F4N2S/c12-8-2-1-6(4-16)3-7(8)9-5-17-10(18-9)11(13,14)15/h1-3,5H,4,16H2. The molecule has 0 aliphatic carbocycles. The molecule has 2 rings (SSSR count). The first-order valence-corrected chi connectivity index (χ1v) is 5.75. The topological polar surface area (TPSA) is 38.9 Å². The first-order chi connectivity index (χ1) is 8.41. The summed E-state index contributed by atoms with van der Waals surface area (Å²) in [6.45, 7) is 0.193. The highest BCUT2D eigenvalue weighted by atomic mass is 32.1. The fourth-order valence-corrected chi connectivity index (χ4v) is 2.22. The van der Waals surface area contributed by atoms with Gasteiger partial charge in [-0.25, -0.2) is 9.37 Å². The zero-order valence-corrected chi connectivity index (χ0v) is 9.78. The number of alkyl halides is 3. The summed E-state index contributed by atoms with van der Waals surface area (Å²) in [6, 6.07) is 4.11. The third-order valence-corrected chi connectivity index (χ3v) is 3.36. The van der Waals surface area contributed by atoms with Gasteiger partial charge < -0.3 is 5.73 Å². The first-order valence-electron chi connectivity index (χ1n) is 4.93. The number of halogens is 4. The summed E-state index contributed by atoms with van der Waals surface area (Å²) in [4.78, 5) is 3.39. The number of thiazole rings is 1. The van der Waals surface area contributed by atoms with Crippen molar-refractivity contribution in [2.45, 2.75) is 12.7 Å². The van der Waals surface area contributed by atoms with Crippen LogP contribution in [0, 0.1) is 5.82 Å². The molecule has 0 radical (unpaired) electrons. The summed E-state index contributed by atoms with van der Waals surface area (Å²) in [6.07, 6.45) is -3.49. The predicted octanol–water partition coefficient (Wildman–Crippen LogP) is 3.43. The second-order valence-corrected chi connectivity index (χ2v) is 4.58. The maximum absolute atomic E-state index is 13.6. The number of nitrogens with zero attached hydrogens (tertiary/aromatic N) is 1. The minimum absolute atomic E-state index is 0.0888. The normalized spacial score (nSPS) is 11.8. The molecule has 7 heteroatoms. The van der Waals surface area contributed by atoms with Crippen molar-refractivity contribution in [1.82, 2.24) is 4.98 Å². The lowest BCUT2D eigenvalue weighted by Gasteiger charge is -2.03. The third-order valence-electron chi connectivity index (χ3n) is 2.28. The van der Waals surface area contributed by atoms with Crippen LogP contribution in [0.5, 0.6) is 0 Å². The van der Waals surface area contributed by atoms with Gasteiger partial charge in [-0.05, 0) is 17.7 Å². The Labute approximate surface area is 104 Å². The predicted molar refractivity (Wildman–Crippen MR) is 60.4 cm³/mol. The molecule has 2 aromatic rings. The van der Waals surface area contributed by atoms with E-state index in [1.165, 1.54) is 18.2 Å². The molecule has 2 N–H and O–H groups in total. The fraction of sp³-hybridized carbons (Fsp3) is 0.182. The molecule has 1 heterocycles. The van der Waals surface area contributed by atoms with Gasteiger partial charge in [0, 0.05) is 18.3 Å². The van der Waals surface area contributed by atoms with Gasteiger partial charge in [-0.3, -0.25) is 0 Å². The Kier molecular flexibility index (Phi) is 3.36. The fourth-order valence-electron chi connectivity index (χ4n) is 1.42. The van der Waals surface area contributed by atoms with E-state index in [2.05, 4.69) is 4.98 Å². The minimum Gasteiger partial charge on any atom is -0.326 e. The molecule has 1 aromatic carbocycles. The van der Waals surface area contributed by atoms with Crippen molar-refractivity contribution in [3.63, 3.8) is 0 Å². The van der Waals surface area contributed by atoms with Gasteiger partial charge in [-0.1, -0.05) is 6.07 Å². The number of hydrogen-bond donors (Lipinski definition) is 1. The van der Waals surface area contributed by atoms with Gasteiger partial charge in [-0.2, -0.15) is 13.2 Å². The highest BCUT2D eigenvalue weighted by Crippen LogP contribution is 2.37. The quantitative estimate of drug-likeness (QED) is 0.853. The molecule has 0 spiro atoms. The Morgan fingerprint density at radius 3 is 2.56 bits per heavy atom. The van der Waals surface area contributed by atoms with E-state index in [9.17, 15) is 17.6 Å². The molecule has 0 saturated carbocycles. The van der Waals surface area contributed by atoms with Crippen LogP contribution < -0.4 is 5.73 Å². The molecule has 0 aliphatic rings. The maximum Gasteiger partial charge on any atom is 0.443 e. The van der Waals surface area contributed by atoms with Gasteiger partial charge in [0.05, 0.1) is 4.88 Å². The number of aromatic nitrogens is 1. The van der Waals surface area contributed by atoms with Crippen LogP contribution in [-0.4, -0.2) is 4.98 Å². The lowest BCUT2D eigenvalue weighted by atomic mass is 10.1. The molecule has 2 nitrogen and oxygen atoms in total. The Morgan fingerprint density at radius 2 is 2.00 bits per heavy atom. The van der Waals surface area contributed by atoms with Crippen LogP contribution in [0.15, 0.2) is 24.4 Å². The SMILES string of the molecule is NCc1ccc(F)c(-c2cnc(C(F)(F)F)s2)c1. The van der Waals surface area contributed by atoms with Gasteiger partial charge >= 0.3 is 6.18 Å². The largest absolute Gasteiger partial charge is 0.443 e. The number of nitrogens with two attached hydrogens (primary N) is 1. The molecular formula is C11H8F4N2S. The van der Waals surface area contributed by atoms with Crippen LogP contribution in [-0.2, 0) is 12.7 Å². The van der Waals surface area contributed by atoms with Crippen LogP contribution in [0.25, 0.3) is 10.4 Å². The van der Waals surface area contributed by atoms with Gasteiger partial charge in [0.25, 0.3) is 0 Å². The van der Waals surface area contributed by atoms with Crippen LogP contribution in [0.1, 0.15) is 10.6 Å². The lowest BCUT2D eigenvalue weighted by Crippen LogP contribution is -2.02. The average molecular weight is 276 g/mol. The minimum atomic E-state index is -4.51. The van der Waals surface area contributed by atoms with Crippen LogP contribution in [0.3, 0.4) is 0 Å². The Bertz CT molecular complexity index is 562. The molecule has 0 fully saturated rings. The number of rotatable bonds is 2. The van der Waals surface area contributed by atoms with E-state index in [1.54, 1.807) is 0 Å². The summed E-state index contributed by atoms with van der Waals surface area (Å²) in [5.41, 5.74) is 6.14. The van der Waals surface area contributed by atoms with E-state index < -0.39 is 17.0 Å². The van der Waals surface area contributed by atoms with Crippen molar-refractivity contribution in [3.8, 4) is 10.4 Å². The smallest absolute Gasteiger partial charge is 0.326 e. The molecule has 0 saturated heterocycles. The molecule has 0 unspecified atom stereocenters. The summed E-state index contributed by atoms with van der Waals surface area (Å²) in [5.74, 6) is -0.593. The van der Waals surface area contributed by atoms with Crippen LogP contribution >= 0.6 is 11.3 Å². The summed E-state index contributed by atoms with van der Waals surface area (Å²) >= 11 is 0.409. The zero-order valence-electron chi connectivity index (χ0n) is 8.96. The van der Waals surface area contributed by atoms with Crippen molar-refractivity contribution < 1.29 is 17.6 Å². The Morgan fingerprint density at radius 1 is 1.28 bits per heavy atom. The van der Waals surface area contributed by atoms with Gasteiger partial charge in [0.1, 0.15) is 5.82 Å². The molecule has 0 amide bonds. The monoisotopic (exact) mass is 276 g/mol. The van der Waals surface area contributed by atoms with Crippen molar-refractivity contribution in [3.05, 3.63) is 40.8 Å². The van der Waals surface area contributed by atoms with E-state index >= 15 is 0 Å². The summed E-state index contributed by atoms with van der Waals surface area (Å²) in [5, 5.41) is -0.991. The highest BCUT2D eigenvalue weighted by molar-refractivity contribution is 7.15. The van der Waals surface area contributed by atoms with Crippen molar-refractivity contribution in [2.75, 3.05) is 0 Å². The molecular weight excluding hydrogens is 268 g/mol. The summed E-state index contributed by atoms with van der Waals surface area (Å²) < 4.78 is 50.7. The average Bonchev–Trinajstić information content (AvgIpc) is 2.78. The number of benzene rings is 1. The first kappa shape index (κ1) is 13.0. The van der Waals surface area contributed by atoms with Crippen LogP contribution in [0.2, 0.25) is 0 Å². The molecule has 0 aliphatic heterocycles. The van der Waals surface area contributed by atoms with Crippen LogP contribution in [0.4, 0.5) is 17.6 Å². The molecule has 0 atom stereocenters. The van der Waals surface area contributed by atoms with Gasteiger partial charge in [0.15, 0.2) is 5.01 Å². The second kappa shape index (κ2) is 4.66. The second-order valence-electron chi connectivity index (χ2n) is 3.55. The number of hydrogen-bond acceptors (Lipinski definition) is 3. The molecule has 96 valence electrons. The molecule has 1 aromatic heterocycles. The van der Waals surface area contributed by atoms with E-state index in [-0.39, 0.29) is 17.0 Å². The summed E-state index contributed by atoms with van der Waals surface area (Å²) in [7, 11) is 0. The Balaban J connectivity index is 2.45. The molecule has 18 heavy (non-hydrogen) atoms. The van der Waals surface area contributed by atoms with E-state index in [4.69, 9.17) is 5.73 Å². The van der Waals surface area contributed by atoms with Gasteiger partial charge in [0.2, 0.25) is 0 Å². The Hall–Kier alpha value is -1.47. The zero-order chi connectivity index (χ0) is 13.3.